The summed E-state index contributed by atoms with van der Waals surface area (Å²) in [5.74, 6) is -0.0386. The van der Waals surface area contributed by atoms with Gasteiger partial charge in [-0.1, -0.05) is 25.1 Å². The molecule has 1 rings (SSSR count). The van der Waals surface area contributed by atoms with E-state index in [2.05, 4.69) is 5.32 Å². The number of carbonyl (C=O) groups excluding carboxylic acids is 2. The lowest BCUT2D eigenvalue weighted by atomic mass is 10.1. The second kappa shape index (κ2) is 5.17. The van der Waals surface area contributed by atoms with E-state index in [0.29, 0.717) is 12.8 Å². The fourth-order valence-electron chi connectivity index (χ4n) is 1.15. The summed E-state index contributed by atoms with van der Waals surface area (Å²) in [5.41, 5.74) is 1.58. The van der Waals surface area contributed by atoms with Crippen molar-refractivity contribution in [2.75, 3.05) is 5.32 Å². The number of rotatable bonds is 4. The topological polar surface area (TPSA) is 46.2 Å². The first-order valence-electron chi connectivity index (χ1n) is 4.59. The van der Waals surface area contributed by atoms with Gasteiger partial charge in [-0.15, -0.1) is 0 Å². The molecule has 0 saturated carbocycles. The van der Waals surface area contributed by atoms with Gasteiger partial charge >= 0.3 is 0 Å². The summed E-state index contributed by atoms with van der Waals surface area (Å²) in [6.45, 7) is 1.79. The number of amides is 1. The van der Waals surface area contributed by atoms with Crippen LogP contribution in [-0.2, 0) is 16.0 Å². The highest BCUT2D eigenvalue weighted by molar-refractivity contribution is 5.91. The molecule has 0 radical (unpaired) electrons. The van der Waals surface area contributed by atoms with Crippen molar-refractivity contribution < 1.29 is 9.59 Å². The number of hydrogen-bond acceptors (Lipinski definition) is 2. The summed E-state index contributed by atoms with van der Waals surface area (Å²) in [5, 5.41) is 2.75. The van der Waals surface area contributed by atoms with E-state index >= 15 is 0 Å². The first-order chi connectivity index (χ1) is 6.77. The van der Waals surface area contributed by atoms with Gasteiger partial charge in [0.2, 0.25) is 5.91 Å². The molecular formula is C11H13NO2. The van der Waals surface area contributed by atoms with Crippen LogP contribution in [0.2, 0.25) is 0 Å². The van der Waals surface area contributed by atoms with Crippen LogP contribution in [0.25, 0.3) is 0 Å². The molecule has 1 aromatic rings. The van der Waals surface area contributed by atoms with Gasteiger partial charge < -0.3 is 10.1 Å². The summed E-state index contributed by atoms with van der Waals surface area (Å²) in [4.78, 5) is 21.5. The number of hydrogen-bond donors (Lipinski definition) is 1. The van der Waals surface area contributed by atoms with Crippen molar-refractivity contribution in [1.29, 1.82) is 0 Å². The van der Waals surface area contributed by atoms with Crippen molar-refractivity contribution in [1.82, 2.24) is 0 Å². The van der Waals surface area contributed by atoms with Crippen molar-refractivity contribution in [2.45, 2.75) is 19.8 Å². The monoisotopic (exact) mass is 191 g/mol. The van der Waals surface area contributed by atoms with E-state index in [-0.39, 0.29) is 5.91 Å². The third-order valence-corrected chi connectivity index (χ3v) is 1.92. The van der Waals surface area contributed by atoms with Gasteiger partial charge in [0.1, 0.15) is 6.29 Å². The molecule has 1 amide bonds. The van der Waals surface area contributed by atoms with E-state index in [0.717, 1.165) is 17.5 Å². The molecule has 0 atom stereocenters. The van der Waals surface area contributed by atoms with Crippen LogP contribution in [0.5, 0.6) is 0 Å². The zero-order valence-electron chi connectivity index (χ0n) is 8.12. The Morgan fingerprint density at radius 3 is 2.79 bits per heavy atom. The number of para-hydroxylation sites is 1. The molecule has 0 aliphatic carbocycles. The van der Waals surface area contributed by atoms with Crippen molar-refractivity contribution in [2.24, 2.45) is 0 Å². The normalized spacial score (nSPS) is 9.50. The number of aldehydes is 1. The van der Waals surface area contributed by atoms with Crippen molar-refractivity contribution in [3.8, 4) is 0 Å². The van der Waals surface area contributed by atoms with Crippen LogP contribution in [0.1, 0.15) is 18.9 Å². The van der Waals surface area contributed by atoms with Gasteiger partial charge in [-0.25, -0.2) is 0 Å². The highest BCUT2D eigenvalue weighted by Crippen LogP contribution is 2.14. The van der Waals surface area contributed by atoms with E-state index in [1.807, 2.05) is 18.2 Å². The molecule has 0 fully saturated rings. The molecule has 0 aliphatic heterocycles. The molecular weight excluding hydrogens is 178 g/mol. The van der Waals surface area contributed by atoms with Gasteiger partial charge in [0, 0.05) is 18.5 Å². The van der Waals surface area contributed by atoms with Gasteiger partial charge in [0.25, 0.3) is 0 Å². The van der Waals surface area contributed by atoms with Crippen LogP contribution in [0, 0.1) is 0 Å². The Bertz CT molecular complexity index is 334. The predicted octanol–water partition coefficient (Wildman–Crippen LogP) is 1.78. The highest BCUT2D eigenvalue weighted by atomic mass is 16.1. The van der Waals surface area contributed by atoms with Gasteiger partial charge in [-0.3, -0.25) is 4.79 Å². The summed E-state index contributed by atoms with van der Waals surface area (Å²) < 4.78 is 0. The van der Waals surface area contributed by atoms with Crippen LogP contribution in [0.3, 0.4) is 0 Å². The Morgan fingerprint density at radius 1 is 1.43 bits per heavy atom. The molecule has 14 heavy (non-hydrogen) atoms. The number of benzene rings is 1. The van der Waals surface area contributed by atoms with Crippen LogP contribution in [0.4, 0.5) is 5.69 Å². The first kappa shape index (κ1) is 10.4. The third kappa shape index (κ3) is 2.69. The molecule has 0 saturated heterocycles. The largest absolute Gasteiger partial charge is 0.326 e. The average molecular weight is 191 g/mol. The Labute approximate surface area is 83.1 Å². The number of nitrogens with one attached hydrogen (secondary N) is 1. The predicted molar refractivity (Wildman–Crippen MR) is 55.1 cm³/mol. The van der Waals surface area contributed by atoms with Gasteiger partial charge in [0.05, 0.1) is 0 Å². The van der Waals surface area contributed by atoms with Crippen molar-refractivity contribution in [3.63, 3.8) is 0 Å². The minimum Gasteiger partial charge on any atom is -0.326 e. The Balaban J connectivity index is 2.83. The van der Waals surface area contributed by atoms with E-state index in [1.165, 1.54) is 0 Å². The molecule has 0 unspecified atom stereocenters. The Morgan fingerprint density at radius 2 is 2.14 bits per heavy atom. The third-order valence-electron chi connectivity index (χ3n) is 1.92. The molecule has 3 heteroatoms. The summed E-state index contributed by atoms with van der Waals surface area (Å²) in [6.07, 6.45) is 1.60. The zero-order valence-corrected chi connectivity index (χ0v) is 8.12. The minimum atomic E-state index is -0.0386. The quantitative estimate of drug-likeness (QED) is 0.737. The molecule has 3 nitrogen and oxygen atoms in total. The molecule has 1 N–H and O–H groups in total. The number of anilines is 1. The van der Waals surface area contributed by atoms with Crippen LogP contribution in [-0.4, -0.2) is 12.2 Å². The molecule has 74 valence electrons. The van der Waals surface area contributed by atoms with E-state index in [1.54, 1.807) is 13.0 Å². The summed E-state index contributed by atoms with van der Waals surface area (Å²) in [7, 11) is 0. The maximum Gasteiger partial charge on any atom is 0.224 e. The smallest absolute Gasteiger partial charge is 0.224 e. The fourth-order valence-corrected chi connectivity index (χ4v) is 1.15. The number of carbonyl (C=O) groups is 2. The average Bonchev–Trinajstić information content (AvgIpc) is 2.21. The first-order valence-corrected chi connectivity index (χ1v) is 4.59. The summed E-state index contributed by atoms with van der Waals surface area (Å²) >= 11 is 0. The lowest BCUT2D eigenvalue weighted by Gasteiger charge is -2.07. The lowest BCUT2D eigenvalue weighted by Crippen LogP contribution is -2.11. The van der Waals surface area contributed by atoms with E-state index in [4.69, 9.17) is 0 Å². The minimum absolute atomic E-state index is 0.0386. The second-order valence-electron chi connectivity index (χ2n) is 2.93. The Hall–Kier alpha value is -1.64. The second-order valence-corrected chi connectivity index (χ2v) is 2.93. The zero-order chi connectivity index (χ0) is 10.4. The molecule has 0 aromatic heterocycles. The molecule has 0 aliphatic rings. The molecule has 1 aromatic carbocycles. The lowest BCUT2D eigenvalue weighted by molar-refractivity contribution is -0.116. The maximum atomic E-state index is 11.1. The van der Waals surface area contributed by atoms with Crippen molar-refractivity contribution >= 4 is 17.9 Å². The van der Waals surface area contributed by atoms with Crippen LogP contribution in [0.15, 0.2) is 24.3 Å². The molecule has 0 heterocycles. The van der Waals surface area contributed by atoms with Gasteiger partial charge in [0.15, 0.2) is 0 Å². The van der Waals surface area contributed by atoms with E-state index in [9.17, 15) is 9.59 Å². The van der Waals surface area contributed by atoms with Crippen LogP contribution < -0.4 is 5.32 Å². The SMILES string of the molecule is CCC(=O)Nc1ccccc1CC=O. The van der Waals surface area contributed by atoms with Crippen molar-refractivity contribution in [3.05, 3.63) is 29.8 Å². The molecule has 0 bridgehead atoms. The molecule has 0 spiro atoms. The summed E-state index contributed by atoms with van der Waals surface area (Å²) in [6, 6.07) is 7.31. The highest BCUT2D eigenvalue weighted by Gasteiger charge is 2.03. The Kier molecular flexibility index (Phi) is 3.85. The fraction of sp³-hybridized carbons (Fsp3) is 0.273. The standard InChI is InChI=1S/C11H13NO2/c1-2-11(14)12-10-6-4-3-5-9(10)7-8-13/h3-6,8H,2,7H2,1H3,(H,12,14). The van der Waals surface area contributed by atoms with Gasteiger partial charge in [-0.2, -0.15) is 0 Å². The van der Waals surface area contributed by atoms with E-state index < -0.39 is 0 Å². The van der Waals surface area contributed by atoms with Crippen LogP contribution >= 0.6 is 0 Å². The van der Waals surface area contributed by atoms with Gasteiger partial charge in [-0.05, 0) is 11.6 Å². The maximum absolute atomic E-state index is 11.1.